The fraction of sp³-hybridized carbons (Fsp3) is 0.393. The van der Waals surface area contributed by atoms with Gasteiger partial charge in [-0.15, -0.1) is 0 Å². The van der Waals surface area contributed by atoms with Gasteiger partial charge < -0.3 is 14.4 Å². The zero-order chi connectivity index (χ0) is 26.1. The van der Waals surface area contributed by atoms with Crippen molar-refractivity contribution in [1.82, 2.24) is 19.6 Å². The topological polar surface area (TPSA) is 80.1 Å². The van der Waals surface area contributed by atoms with Crippen molar-refractivity contribution in [3.05, 3.63) is 70.5 Å². The first-order valence-corrected chi connectivity index (χ1v) is 12.6. The van der Waals surface area contributed by atoms with Crippen LogP contribution in [-0.2, 0) is 13.1 Å². The third-order valence-electron chi connectivity index (χ3n) is 7.21. The molecule has 194 valence electrons. The Hall–Kier alpha value is -3.85. The van der Waals surface area contributed by atoms with Crippen LogP contribution in [-0.4, -0.2) is 78.3 Å². The van der Waals surface area contributed by atoms with Crippen molar-refractivity contribution in [3.8, 4) is 11.5 Å². The summed E-state index contributed by atoms with van der Waals surface area (Å²) in [6.45, 7) is 8.61. The van der Waals surface area contributed by atoms with E-state index in [1.807, 2.05) is 54.9 Å². The van der Waals surface area contributed by atoms with E-state index >= 15 is 0 Å². The Kier molecular flexibility index (Phi) is 6.88. The first-order valence-electron chi connectivity index (χ1n) is 12.6. The SMILES string of the molecule is COc1ccc(OC)c(CN2CCN(c3cccc4c3C(=O)N(CCn3nc(C)cc3C)C4=O)CC2)c1. The molecule has 0 unspecified atom stereocenters. The summed E-state index contributed by atoms with van der Waals surface area (Å²) < 4.78 is 12.8. The first kappa shape index (κ1) is 24.8. The van der Waals surface area contributed by atoms with Gasteiger partial charge in [-0.05, 0) is 50.2 Å². The summed E-state index contributed by atoms with van der Waals surface area (Å²) in [7, 11) is 3.34. The number of hydrogen-bond acceptors (Lipinski definition) is 7. The monoisotopic (exact) mass is 503 g/mol. The summed E-state index contributed by atoms with van der Waals surface area (Å²) in [5, 5.41) is 4.46. The zero-order valence-electron chi connectivity index (χ0n) is 21.9. The van der Waals surface area contributed by atoms with Crippen molar-refractivity contribution < 1.29 is 19.1 Å². The Morgan fingerprint density at radius 1 is 0.892 bits per heavy atom. The fourth-order valence-corrected chi connectivity index (χ4v) is 5.27. The van der Waals surface area contributed by atoms with Crippen LogP contribution in [0.25, 0.3) is 0 Å². The van der Waals surface area contributed by atoms with Crippen LogP contribution in [0.3, 0.4) is 0 Å². The Morgan fingerprint density at radius 3 is 2.35 bits per heavy atom. The van der Waals surface area contributed by atoms with E-state index in [0.29, 0.717) is 24.2 Å². The number of rotatable bonds is 8. The molecule has 2 aliphatic rings. The van der Waals surface area contributed by atoms with Crippen molar-refractivity contribution in [3.63, 3.8) is 0 Å². The molecule has 3 heterocycles. The van der Waals surface area contributed by atoms with Gasteiger partial charge in [-0.1, -0.05) is 6.07 Å². The maximum Gasteiger partial charge on any atom is 0.263 e. The highest BCUT2D eigenvalue weighted by Gasteiger charge is 2.38. The number of carbonyl (C=O) groups excluding carboxylic acids is 2. The molecule has 2 aromatic carbocycles. The highest BCUT2D eigenvalue weighted by atomic mass is 16.5. The summed E-state index contributed by atoms with van der Waals surface area (Å²) in [6, 6.07) is 13.4. The lowest BCUT2D eigenvalue weighted by atomic mass is 10.1. The smallest absolute Gasteiger partial charge is 0.263 e. The van der Waals surface area contributed by atoms with Crippen LogP contribution in [0, 0.1) is 13.8 Å². The Morgan fingerprint density at radius 2 is 1.68 bits per heavy atom. The molecule has 0 saturated carbocycles. The lowest BCUT2D eigenvalue weighted by Gasteiger charge is -2.37. The molecule has 1 saturated heterocycles. The number of methoxy groups -OCH3 is 2. The Bertz CT molecular complexity index is 1330. The van der Waals surface area contributed by atoms with Crippen molar-refractivity contribution in [2.75, 3.05) is 51.8 Å². The van der Waals surface area contributed by atoms with E-state index < -0.39 is 0 Å². The molecule has 1 fully saturated rings. The first-order chi connectivity index (χ1) is 17.9. The van der Waals surface area contributed by atoms with Crippen LogP contribution in [0.4, 0.5) is 5.69 Å². The summed E-state index contributed by atoms with van der Waals surface area (Å²) in [6.07, 6.45) is 0. The number of nitrogens with zero attached hydrogens (tertiary/aromatic N) is 5. The molecule has 5 rings (SSSR count). The number of imide groups is 1. The molecule has 37 heavy (non-hydrogen) atoms. The van der Waals surface area contributed by atoms with Gasteiger partial charge in [0.15, 0.2) is 0 Å². The average molecular weight is 504 g/mol. The summed E-state index contributed by atoms with van der Waals surface area (Å²) >= 11 is 0. The normalized spacial score (nSPS) is 15.9. The van der Waals surface area contributed by atoms with Crippen LogP contribution in [0.5, 0.6) is 11.5 Å². The summed E-state index contributed by atoms with van der Waals surface area (Å²) in [5.74, 6) is 1.20. The Labute approximate surface area is 217 Å². The van der Waals surface area contributed by atoms with Gasteiger partial charge in [0.05, 0.1) is 43.3 Å². The van der Waals surface area contributed by atoms with Crippen LogP contribution in [0.2, 0.25) is 0 Å². The molecule has 0 spiro atoms. The predicted octanol–water partition coefficient (Wildman–Crippen LogP) is 3.14. The molecule has 3 aromatic rings. The van der Waals surface area contributed by atoms with Crippen LogP contribution >= 0.6 is 0 Å². The van der Waals surface area contributed by atoms with Gasteiger partial charge in [0.2, 0.25) is 0 Å². The second kappa shape index (κ2) is 10.3. The number of ether oxygens (including phenoxy) is 2. The molecular formula is C28H33N5O4. The molecule has 0 radical (unpaired) electrons. The summed E-state index contributed by atoms with van der Waals surface area (Å²) in [4.78, 5) is 32.5. The number of benzene rings is 2. The number of aromatic nitrogens is 2. The van der Waals surface area contributed by atoms with Gasteiger partial charge >= 0.3 is 0 Å². The fourth-order valence-electron chi connectivity index (χ4n) is 5.27. The minimum absolute atomic E-state index is 0.222. The lowest BCUT2D eigenvalue weighted by molar-refractivity contribution is 0.0647. The van der Waals surface area contributed by atoms with Crippen LogP contribution < -0.4 is 14.4 Å². The standard InChI is InChI=1S/C28H33N5O4/c1-19-16-20(2)33(29-19)15-14-32-27(34)23-6-5-7-24(26(23)28(32)35)31-12-10-30(11-13-31)18-21-17-22(36-3)8-9-25(21)37-4/h5-9,16-17H,10-15,18H2,1-4H3. The molecule has 9 heteroatoms. The molecule has 9 nitrogen and oxygen atoms in total. The van der Waals surface area contributed by atoms with Crippen molar-refractivity contribution >= 4 is 17.5 Å². The maximum atomic E-state index is 13.4. The number of anilines is 1. The maximum absolute atomic E-state index is 13.4. The van der Waals surface area contributed by atoms with Gasteiger partial charge in [-0.25, -0.2) is 0 Å². The molecule has 0 atom stereocenters. The predicted molar refractivity (Wildman–Crippen MR) is 141 cm³/mol. The number of fused-ring (bicyclic) bond motifs is 1. The second-order valence-corrected chi connectivity index (χ2v) is 9.55. The van der Waals surface area contributed by atoms with Gasteiger partial charge in [0.1, 0.15) is 11.5 Å². The van der Waals surface area contributed by atoms with E-state index in [2.05, 4.69) is 14.9 Å². The molecule has 0 N–H and O–H groups in total. The van der Waals surface area contributed by atoms with E-state index in [-0.39, 0.29) is 11.8 Å². The van der Waals surface area contributed by atoms with Crippen molar-refractivity contribution in [1.29, 1.82) is 0 Å². The average Bonchev–Trinajstić information content (AvgIpc) is 3.36. The minimum atomic E-state index is -0.230. The zero-order valence-corrected chi connectivity index (χ0v) is 21.9. The molecule has 0 bridgehead atoms. The number of aryl methyl sites for hydroxylation is 2. The van der Waals surface area contributed by atoms with Gasteiger partial charge in [-0.2, -0.15) is 5.10 Å². The van der Waals surface area contributed by atoms with Crippen molar-refractivity contribution in [2.45, 2.75) is 26.9 Å². The van der Waals surface area contributed by atoms with E-state index in [1.165, 1.54) is 4.90 Å². The number of amides is 2. The number of hydrogen-bond donors (Lipinski definition) is 0. The van der Waals surface area contributed by atoms with E-state index in [4.69, 9.17) is 9.47 Å². The molecular weight excluding hydrogens is 470 g/mol. The highest BCUT2D eigenvalue weighted by molar-refractivity contribution is 6.23. The van der Waals surface area contributed by atoms with E-state index in [9.17, 15) is 9.59 Å². The number of piperazine rings is 1. The molecule has 0 aliphatic carbocycles. The second-order valence-electron chi connectivity index (χ2n) is 9.55. The van der Waals surface area contributed by atoms with Crippen LogP contribution in [0.1, 0.15) is 37.7 Å². The summed E-state index contributed by atoms with van der Waals surface area (Å²) in [5.41, 5.74) is 4.85. The minimum Gasteiger partial charge on any atom is -0.497 e. The number of carbonyl (C=O) groups is 2. The molecule has 2 aliphatic heterocycles. The van der Waals surface area contributed by atoms with E-state index in [1.54, 1.807) is 20.3 Å². The molecule has 2 amide bonds. The van der Waals surface area contributed by atoms with Gasteiger partial charge in [0, 0.05) is 50.5 Å². The van der Waals surface area contributed by atoms with Crippen molar-refractivity contribution in [2.24, 2.45) is 0 Å². The largest absolute Gasteiger partial charge is 0.497 e. The van der Waals surface area contributed by atoms with Gasteiger partial charge in [-0.3, -0.25) is 24.1 Å². The quantitative estimate of drug-likeness (QED) is 0.437. The molecule has 1 aromatic heterocycles. The lowest BCUT2D eigenvalue weighted by Crippen LogP contribution is -2.46. The highest BCUT2D eigenvalue weighted by Crippen LogP contribution is 2.33. The van der Waals surface area contributed by atoms with Gasteiger partial charge in [0.25, 0.3) is 11.8 Å². The van der Waals surface area contributed by atoms with Crippen LogP contribution in [0.15, 0.2) is 42.5 Å². The third-order valence-corrected chi connectivity index (χ3v) is 7.21. The third kappa shape index (κ3) is 4.79. The van der Waals surface area contributed by atoms with E-state index in [0.717, 1.165) is 66.9 Å². The Balaban J connectivity index is 1.27.